The van der Waals surface area contributed by atoms with Crippen LogP contribution in [0.5, 0.6) is 0 Å². The first-order valence-electron chi connectivity index (χ1n) is 9.09. The number of fused-ring (bicyclic) bond motifs is 2. The van der Waals surface area contributed by atoms with E-state index in [0.717, 1.165) is 27.9 Å². The van der Waals surface area contributed by atoms with Crippen LogP contribution < -0.4 is 4.90 Å². The molecule has 5 nitrogen and oxygen atoms in total. The number of hydrogen-bond acceptors (Lipinski definition) is 3. The van der Waals surface area contributed by atoms with Gasteiger partial charge >= 0.3 is 0 Å². The van der Waals surface area contributed by atoms with E-state index in [4.69, 9.17) is 9.47 Å². The van der Waals surface area contributed by atoms with Crippen LogP contribution in [0, 0.1) is 0 Å². The predicted molar refractivity (Wildman–Crippen MR) is 103 cm³/mol. The summed E-state index contributed by atoms with van der Waals surface area (Å²) in [7, 11) is 1.64. The molecule has 136 valence electrons. The van der Waals surface area contributed by atoms with E-state index in [0.29, 0.717) is 6.42 Å². The number of benzene rings is 2. The second-order valence-corrected chi connectivity index (χ2v) is 6.93. The van der Waals surface area contributed by atoms with Crippen LogP contribution in [0.1, 0.15) is 18.4 Å². The molecule has 2 aliphatic rings. The zero-order chi connectivity index (χ0) is 18.4. The average Bonchev–Trinajstić information content (AvgIpc) is 3.26. The van der Waals surface area contributed by atoms with Crippen LogP contribution in [0.15, 0.2) is 72.6 Å². The Morgan fingerprint density at radius 3 is 2.74 bits per heavy atom. The zero-order valence-electron chi connectivity index (χ0n) is 15.0. The van der Waals surface area contributed by atoms with Crippen molar-refractivity contribution in [1.82, 2.24) is 4.98 Å². The van der Waals surface area contributed by atoms with Crippen LogP contribution in [-0.2, 0) is 19.9 Å². The van der Waals surface area contributed by atoms with Crippen molar-refractivity contribution in [2.45, 2.75) is 24.7 Å². The smallest absolute Gasteiger partial charge is 0.235 e. The van der Waals surface area contributed by atoms with Crippen molar-refractivity contribution < 1.29 is 14.3 Å². The molecule has 1 amide bonds. The molecule has 1 N–H and O–H groups in total. The van der Waals surface area contributed by atoms with Crippen molar-refractivity contribution >= 4 is 22.5 Å². The molecule has 0 spiro atoms. The number of ether oxygens (including phenoxy) is 2. The normalized spacial score (nSPS) is 24.9. The molecule has 2 aliphatic heterocycles. The van der Waals surface area contributed by atoms with Crippen LogP contribution in [0.3, 0.4) is 0 Å². The van der Waals surface area contributed by atoms with Gasteiger partial charge in [-0.3, -0.25) is 9.69 Å². The number of nitrogens with zero attached hydrogens (tertiary/aromatic N) is 1. The number of hydrogen-bond donors (Lipinski definition) is 1. The zero-order valence-corrected chi connectivity index (χ0v) is 15.0. The highest BCUT2D eigenvalue weighted by Crippen LogP contribution is 2.50. The summed E-state index contributed by atoms with van der Waals surface area (Å²) in [6, 6.07) is 17.9. The number of nitrogens with one attached hydrogen (secondary N) is 1. The van der Waals surface area contributed by atoms with Gasteiger partial charge in [0.05, 0.1) is 17.8 Å². The summed E-state index contributed by atoms with van der Waals surface area (Å²) in [6.45, 7) is 0. The van der Waals surface area contributed by atoms with Crippen molar-refractivity contribution in [2.24, 2.45) is 0 Å². The summed E-state index contributed by atoms with van der Waals surface area (Å²) in [4.78, 5) is 18.3. The van der Waals surface area contributed by atoms with Gasteiger partial charge in [-0.25, -0.2) is 0 Å². The van der Waals surface area contributed by atoms with Crippen LogP contribution in [0.4, 0.5) is 5.69 Å². The molecule has 0 aliphatic carbocycles. The van der Waals surface area contributed by atoms with Gasteiger partial charge in [-0.2, -0.15) is 0 Å². The van der Waals surface area contributed by atoms with Gasteiger partial charge in [0.2, 0.25) is 5.91 Å². The number of para-hydroxylation sites is 1. The van der Waals surface area contributed by atoms with Gasteiger partial charge in [-0.05, 0) is 11.6 Å². The summed E-state index contributed by atoms with van der Waals surface area (Å²) in [5, 5.41) is 1.02. The molecule has 27 heavy (non-hydrogen) atoms. The van der Waals surface area contributed by atoms with Gasteiger partial charge in [-0.15, -0.1) is 0 Å². The van der Waals surface area contributed by atoms with Crippen molar-refractivity contribution in [3.63, 3.8) is 0 Å². The number of rotatable bonds is 3. The van der Waals surface area contributed by atoms with Gasteiger partial charge < -0.3 is 14.5 Å². The number of anilines is 1. The Kier molecular flexibility index (Phi) is 3.67. The Balaban J connectivity index is 1.69. The molecule has 1 aromatic heterocycles. The lowest BCUT2D eigenvalue weighted by atomic mass is 9.87. The number of carbonyl (C=O) groups is 1. The van der Waals surface area contributed by atoms with Crippen molar-refractivity contribution in [3.8, 4) is 0 Å². The third-order valence-electron chi connectivity index (χ3n) is 5.45. The fourth-order valence-corrected chi connectivity index (χ4v) is 4.21. The maximum atomic E-state index is 13.2. The fraction of sp³-hybridized carbons (Fsp3) is 0.227. The first kappa shape index (κ1) is 16.3. The molecule has 2 atom stereocenters. The van der Waals surface area contributed by atoms with E-state index in [1.165, 1.54) is 0 Å². The summed E-state index contributed by atoms with van der Waals surface area (Å²) >= 11 is 0. The molecule has 0 unspecified atom stereocenters. The molecular formula is C22H20N2O3. The molecule has 5 rings (SSSR count). The average molecular weight is 360 g/mol. The Morgan fingerprint density at radius 1 is 1.15 bits per heavy atom. The Bertz CT molecular complexity index is 1040. The van der Waals surface area contributed by atoms with Crippen LogP contribution in [0.25, 0.3) is 10.9 Å². The number of aromatic nitrogens is 1. The molecule has 3 heterocycles. The minimum atomic E-state index is -0.824. The van der Waals surface area contributed by atoms with Gasteiger partial charge in [0.1, 0.15) is 5.60 Å². The number of amides is 1. The first-order chi connectivity index (χ1) is 13.2. The number of carbonyl (C=O) groups excluding carboxylic acids is 1. The Hall–Kier alpha value is -2.89. The van der Waals surface area contributed by atoms with E-state index in [9.17, 15) is 4.79 Å². The molecule has 3 aromatic rings. The lowest BCUT2D eigenvalue weighted by Gasteiger charge is -2.38. The van der Waals surface area contributed by atoms with Crippen molar-refractivity contribution in [1.29, 1.82) is 0 Å². The minimum Gasteiger partial charge on any atom is -0.359 e. The molecular weight excluding hydrogens is 340 g/mol. The quantitative estimate of drug-likeness (QED) is 0.766. The predicted octanol–water partition coefficient (Wildman–Crippen LogP) is 4.08. The fourth-order valence-electron chi connectivity index (χ4n) is 4.21. The van der Waals surface area contributed by atoms with E-state index in [-0.39, 0.29) is 18.6 Å². The third-order valence-corrected chi connectivity index (χ3v) is 5.45. The van der Waals surface area contributed by atoms with E-state index in [2.05, 4.69) is 11.1 Å². The lowest BCUT2D eigenvalue weighted by Crippen LogP contribution is -2.39. The molecule has 2 aromatic carbocycles. The van der Waals surface area contributed by atoms with E-state index in [1.54, 1.807) is 12.0 Å². The van der Waals surface area contributed by atoms with Crippen LogP contribution in [-0.4, -0.2) is 24.3 Å². The lowest BCUT2D eigenvalue weighted by molar-refractivity contribution is -0.194. The Morgan fingerprint density at radius 2 is 1.93 bits per heavy atom. The summed E-state index contributed by atoms with van der Waals surface area (Å²) < 4.78 is 11.9. The maximum absolute atomic E-state index is 13.2. The highest BCUT2D eigenvalue weighted by molar-refractivity contribution is 6.08. The third kappa shape index (κ3) is 2.36. The van der Waals surface area contributed by atoms with Gasteiger partial charge in [0.25, 0.3) is 0 Å². The van der Waals surface area contributed by atoms with E-state index >= 15 is 0 Å². The summed E-state index contributed by atoms with van der Waals surface area (Å²) in [6.07, 6.45) is 4.46. The topological polar surface area (TPSA) is 54.6 Å². The van der Waals surface area contributed by atoms with E-state index < -0.39 is 5.60 Å². The highest BCUT2D eigenvalue weighted by Gasteiger charge is 2.54. The first-order valence-corrected chi connectivity index (χ1v) is 9.09. The van der Waals surface area contributed by atoms with E-state index in [1.807, 2.05) is 60.8 Å². The standard InChI is InChI=1S/C22H20N2O3/c1-26-21-12-11-19-22(27-21,15-7-3-2-4-8-15)13-20(25)24(19)18-14-23-17-10-6-5-9-16(17)18/h2-11,14,21,23H,12-13H2,1H3/t21-,22+/m0/s1. The largest absolute Gasteiger partial charge is 0.359 e. The Labute approximate surface area is 157 Å². The highest BCUT2D eigenvalue weighted by atomic mass is 16.7. The molecule has 1 saturated heterocycles. The SMILES string of the molecule is CO[C@@H]1CC=C2N(c3c[nH]c4ccccc34)C(=O)C[C@]2(c2ccccc2)O1. The summed E-state index contributed by atoms with van der Waals surface area (Å²) in [5.74, 6) is 0.0200. The second-order valence-electron chi connectivity index (χ2n) is 6.93. The molecule has 0 bridgehead atoms. The summed E-state index contributed by atoms with van der Waals surface area (Å²) in [5.41, 5.74) is 2.88. The second kappa shape index (κ2) is 6.08. The number of methoxy groups -OCH3 is 1. The van der Waals surface area contributed by atoms with Crippen molar-refractivity contribution in [2.75, 3.05) is 12.0 Å². The van der Waals surface area contributed by atoms with Gasteiger partial charge in [-0.1, -0.05) is 54.6 Å². The number of H-pyrrole nitrogens is 1. The molecule has 0 saturated carbocycles. The molecule has 1 fully saturated rings. The monoisotopic (exact) mass is 360 g/mol. The maximum Gasteiger partial charge on any atom is 0.235 e. The molecule has 0 radical (unpaired) electrons. The number of aromatic amines is 1. The van der Waals surface area contributed by atoms with Crippen molar-refractivity contribution in [3.05, 3.63) is 78.1 Å². The minimum absolute atomic E-state index is 0.0200. The van der Waals surface area contributed by atoms with Gasteiger partial charge in [0.15, 0.2) is 6.29 Å². The van der Waals surface area contributed by atoms with Gasteiger partial charge in [0, 0.05) is 30.6 Å². The van der Waals surface area contributed by atoms with Crippen LogP contribution >= 0.6 is 0 Å². The molecule has 5 heteroatoms. The van der Waals surface area contributed by atoms with Crippen LogP contribution in [0.2, 0.25) is 0 Å².